The van der Waals surface area contributed by atoms with Gasteiger partial charge in [-0.15, -0.1) is 11.8 Å². The molecule has 0 atom stereocenters. The lowest BCUT2D eigenvalue weighted by atomic mass is 10.2. The highest BCUT2D eigenvalue weighted by Crippen LogP contribution is 2.20. The van der Waals surface area contributed by atoms with Gasteiger partial charge in [-0.05, 0) is 12.5 Å². The van der Waals surface area contributed by atoms with Gasteiger partial charge in [0.15, 0.2) is 18.6 Å². The molecule has 2 rings (SSSR count). The fourth-order valence-corrected chi connectivity index (χ4v) is 2.62. The summed E-state index contributed by atoms with van der Waals surface area (Å²) in [5, 5.41) is 0. The first kappa shape index (κ1) is 14.7. The highest BCUT2D eigenvalue weighted by Gasteiger charge is 2.02. The Hall–Kier alpha value is -1.74. The molecule has 0 aliphatic rings. The number of hydrogen-bond acceptors (Lipinski definition) is 2. The maximum absolute atomic E-state index is 2.17. The molecule has 3 heteroatoms. The summed E-state index contributed by atoms with van der Waals surface area (Å²) < 4.78 is 2.10. The van der Waals surface area contributed by atoms with E-state index in [0.717, 1.165) is 5.75 Å². The van der Waals surface area contributed by atoms with E-state index in [4.69, 9.17) is 0 Å². The predicted molar refractivity (Wildman–Crippen MR) is 88.6 cm³/mol. The van der Waals surface area contributed by atoms with Crippen molar-refractivity contribution >= 4 is 23.6 Å². The minimum Gasteiger partial charge on any atom is -0.377 e. The van der Waals surface area contributed by atoms with Crippen molar-refractivity contribution in [1.82, 2.24) is 0 Å². The van der Waals surface area contributed by atoms with Gasteiger partial charge in [0.1, 0.15) is 0 Å². The minimum absolute atomic E-state index is 1.01. The van der Waals surface area contributed by atoms with E-state index in [9.17, 15) is 0 Å². The molecule has 1 heterocycles. The van der Waals surface area contributed by atoms with Crippen molar-refractivity contribution in [1.29, 1.82) is 0 Å². The molecule has 0 aliphatic carbocycles. The lowest BCUT2D eigenvalue weighted by Gasteiger charge is -2.09. The van der Waals surface area contributed by atoms with E-state index in [2.05, 4.69) is 91.5 Å². The van der Waals surface area contributed by atoms with Crippen molar-refractivity contribution in [3.8, 4) is 0 Å². The van der Waals surface area contributed by atoms with Crippen molar-refractivity contribution in [2.45, 2.75) is 12.7 Å². The number of benzene rings is 1. The molecule has 0 saturated heterocycles. The van der Waals surface area contributed by atoms with Crippen LogP contribution in [0.15, 0.2) is 59.8 Å². The normalized spacial score (nSPS) is 11.4. The molecule has 0 saturated carbocycles. The van der Waals surface area contributed by atoms with Crippen LogP contribution >= 0.6 is 11.8 Å². The van der Waals surface area contributed by atoms with E-state index in [0.29, 0.717) is 0 Å². The third-order valence-corrected chi connectivity index (χ3v) is 4.03. The van der Waals surface area contributed by atoms with Gasteiger partial charge in [-0.2, -0.15) is 4.57 Å². The SMILES string of the molecule is C/C(=C/[n+]1ccc(N(C)C)cc1)SCc1ccccc1. The quantitative estimate of drug-likeness (QED) is 0.772. The zero-order valence-electron chi connectivity index (χ0n) is 12.3. The molecule has 0 unspecified atom stereocenters. The Bertz CT molecular complexity index is 559. The Morgan fingerprint density at radius 1 is 1.10 bits per heavy atom. The molecular weight excluding hydrogens is 264 g/mol. The monoisotopic (exact) mass is 285 g/mol. The maximum Gasteiger partial charge on any atom is 0.183 e. The summed E-state index contributed by atoms with van der Waals surface area (Å²) in [4.78, 5) is 3.40. The summed E-state index contributed by atoms with van der Waals surface area (Å²) in [7, 11) is 4.10. The van der Waals surface area contributed by atoms with E-state index >= 15 is 0 Å². The lowest BCUT2D eigenvalue weighted by molar-refractivity contribution is -0.568. The minimum atomic E-state index is 1.01. The van der Waals surface area contributed by atoms with Crippen LogP contribution in [0, 0.1) is 0 Å². The summed E-state index contributed by atoms with van der Waals surface area (Å²) >= 11 is 1.86. The molecule has 1 aromatic heterocycles. The maximum atomic E-state index is 2.17. The van der Waals surface area contributed by atoms with Crippen LogP contribution in [0.2, 0.25) is 0 Å². The molecule has 0 fully saturated rings. The Morgan fingerprint density at radius 3 is 2.35 bits per heavy atom. The molecule has 0 bridgehead atoms. The molecule has 0 radical (unpaired) electrons. The first-order valence-corrected chi connectivity index (χ1v) is 7.67. The topological polar surface area (TPSA) is 7.12 Å². The highest BCUT2D eigenvalue weighted by atomic mass is 32.2. The Morgan fingerprint density at radius 2 is 1.75 bits per heavy atom. The molecule has 1 aromatic carbocycles. The second kappa shape index (κ2) is 7.15. The Kier molecular flexibility index (Phi) is 5.24. The van der Waals surface area contributed by atoms with Crippen LogP contribution < -0.4 is 9.47 Å². The van der Waals surface area contributed by atoms with Gasteiger partial charge in [-0.1, -0.05) is 30.3 Å². The predicted octanol–water partition coefficient (Wildman–Crippen LogP) is 3.79. The van der Waals surface area contributed by atoms with E-state index in [1.54, 1.807) is 0 Å². The summed E-state index contributed by atoms with van der Waals surface area (Å²) in [5.74, 6) is 1.01. The smallest absolute Gasteiger partial charge is 0.183 e. The van der Waals surface area contributed by atoms with Crippen molar-refractivity contribution < 1.29 is 4.57 Å². The fourth-order valence-electron chi connectivity index (χ4n) is 1.83. The fraction of sp³-hybridized carbons (Fsp3) is 0.235. The number of allylic oxidation sites excluding steroid dienone is 1. The van der Waals surface area contributed by atoms with E-state index in [-0.39, 0.29) is 0 Å². The number of hydrogen-bond donors (Lipinski definition) is 0. The Labute approximate surface area is 125 Å². The van der Waals surface area contributed by atoms with Crippen LogP contribution in [0.25, 0.3) is 6.20 Å². The molecular formula is C17H21N2S+. The summed E-state index contributed by atoms with van der Waals surface area (Å²) in [6, 6.07) is 14.8. The zero-order chi connectivity index (χ0) is 14.4. The van der Waals surface area contributed by atoms with Crippen LogP contribution in [0.5, 0.6) is 0 Å². The van der Waals surface area contributed by atoms with Gasteiger partial charge in [-0.3, -0.25) is 0 Å². The molecule has 0 amide bonds. The van der Waals surface area contributed by atoms with Gasteiger partial charge < -0.3 is 4.90 Å². The first-order chi connectivity index (χ1) is 9.65. The van der Waals surface area contributed by atoms with Crippen LogP contribution in [0.1, 0.15) is 12.5 Å². The Balaban J connectivity index is 1.96. The number of aromatic nitrogens is 1. The molecule has 0 spiro atoms. The van der Waals surface area contributed by atoms with Crippen LogP contribution in [0.4, 0.5) is 5.69 Å². The third-order valence-electron chi connectivity index (χ3n) is 2.99. The molecule has 0 N–H and O–H groups in total. The molecule has 0 aliphatic heterocycles. The average molecular weight is 285 g/mol. The van der Waals surface area contributed by atoms with Crippen molar-refractivity contribution in [3.63, 3.8) is 0 Å². The van der Waals surface area contributed by atoms with Gasteiger partial charge in [0.2, 0.25) is 0 Å². The first-order valence-electron chi connectivity index (χ1n) is 6.68. The highest BCUT2D eigenvalue weighted by molar-refractivity contribution is 8.02. The average Bonchev–Trinajstić information content (AvgIpc) is 2.47. The van der Waals surface area contributed by atoms with Gasteiger partial charge in [0, 0.05) is 42.6 Å². The lowest BCUT2D eigenvalue weighted by Crippen LogP contribution is -2.25. The molecule has 2 nitrogen and oxygen atoms in total. The van der Waals surface area contributed by atoms with Gasteiger partial charge in [0.05, 0.1) is 0 Å². The third kappa shape index (κ3) is 4.42. The van der Waals surface area contributed by atoms with Gasteiger partial charge in [-0.25, -0.2) is 0 Å². The second-order valence-electron chi connectivity index (χ2n) is 4.91. The summed E-state index contributed by atoms with van der Waals surface area (Å²) in [6.45, 7) is 2.15. The van der Waals surface area contributed by atoms with Gasteiger partial charge >= 0.3 is 0 Å². The number of rotatable bonds is 5. The van der Waals surface area contributed by atoms with Crippen molar-refractivity contribution in [2.75, 3.05) is 19.0 Å². The number of thioether (sulfide) groups is 1. The van der Waals surface area contributed by atoms with Crippen LogP contribution in [-0.4, -0.2) is 14.1 Å². The van der Waals surface area contributed by atoms with Crippen molar-refractivity contribution in [2.24, 2.45) is 0 Å². The van der Waals surface area contributed by atoms with Crippen LogP contribution in [-0.2, 0) is 5.75 Å². The van der Waals surface area contributed by atoms with E-state index in [1.165, 1.54) is 16.2 Å². The number of anilines is 1. The molecule has 2 aromatic rings. The standard InChI is InChI=1S/C17H21N2S/c1-15(20-14-16-7-5-4-6-8-16)13-19-11-9-17(10-12-19)18(2)3/h4-13H,14H2,1-3H3/q+1/b15-13-. The summed E-state index contributed by atoms with van der Waals surface area (Å²) in [6.07, 6.45) is 6.33. The van der Waals surface area contributed by atoms with Gasteiger partial charge in [0.25, 0.3) is 0 Å². The number of nitrogens with zero attached hydrogens (tertiary/aromatic N) is 2. The van der Waals surface area contributed by atoms with E-state index in [1.807, 2.05) is 11.8 Å². The molecule has 20 heavy (non-hydrogen) atoms. The van der Waals surface area contributed by atoms with E-state index < -0.39 is 0 Å². The number of pyridine rings is 1. The van der Waals surface area contributed by atoms with Crippen molar-refractivity contribution in [3.05, 3.63) is 65.3 Å². The molecule has 104 valence electrons. The van der Waals surface area contributed by atoms with Crippen LogP contribution in [0.3, 0.4) is 0 Å². The summed E-state index contributed by atoms with van der Waals surface area (Å²) in [5.41, 5.74) is 2.57. The zero-order valence-corrected chi connectivity index (χ0v) is 13.1. The second-order valence-corrected chi connectivity index (χ2v) is 6.13. The largest absolute Gasteiger partial charge is 0.377 e.